The van der Waals surface area contributed by atoms with Crippen LogP contribution in [0.2, 0.25) is 0 Å². The molecule has 2 heterocycles. The summed E-state index contributed by atoms with van der Waals surface area (Å²) in [7, 11) is 1.83. The summed E-state index contributed by atoms with van der Waals surface area (Å²) < 4.78 is 17.2. The Hall–Kier alpha value is -1.83. The van der Waals surface area contributed by atoms with E-state index in [2.05, 4.69) is 59.5 Å². The first kappa shape index (κ1) is 24.8. The Morgan fingerprint density at radius 2 is 2.00 bits per heavy atom. The van der Waals surface area contributed by atoms with E-state index in [1.807, 2.05) is 7.05 Å². The molecule has 2 aliphatic heterocycles. The zero-order valence-electron chi connectivity index (χ0n) is 20.4. The van der Waals surface area contributed by atoms with Gasteiger partial charge in [0.1, 0.15) is 5.75 Å². The number of morpholine rings is 1. The number of benzene rings is 1. The molecule has 7 nitrogen and oxygen atoms in total. The van der Waals surface area contributed by atoms with Gasteiger partial charge in [-0.2, -0.15) is 0 Å². The molecule has 0 amide bonds. The highest BCUT2D eigenvalue weighted by molar-refractivity contribution is 5.79. The molecule has 0 bridgehead atoms. The molecule has 0 saturated carbocycles. The van der Waals surface area contributed by atoms with Gasteiger partial charge in [-0.25, -0.2) is 0 Å². The van der Waals surface area contributed by atoms with Crippen molar-refractivity contribution in [2.24, 2.45) is 16.8 Å². The second-order valence-electron chi connectivity index (χ2n) is 9.39. The summed E-state index contributed by atoms with van der Waals surface area (Å²) in [4.78, 5) is 6.99. The molecular weight excluding hydrogens is 404 g/mol. The van der Waals surface area contributed by atoms with Crippen LogP contribution in [0.4, 0.5) is 0 Å². The van der Waals surface area contributed by atoms with E-state index in [0.29, 0.717) is 31.0 Å². The minimum absolute atomic E-state index is 0.476. The van der Waals surface area contributed by atoms with Crippen LogP contribution in [0, 0.1) is 18.8 Å². The minimum atomic E-state index is 0.476. The van der Waals surface area contributed by atoms with Crippen LogP contribution < -0.4 is 15.4 Å². The van der Waals surface area contributed by atoms with E-state index in [-0.39, 0.29) is 0 Å². The number of aliphatic imine (C=N–C) groups is 1. The highest BCUT2D eigenvalue weighted by Gasteiger charge is 2.22. The maximum Gasteiger partial charge on any atom is 0.191 e. The molecule has 0 radical (unpaired) electrons. The van der Waals surface area contributed by atoms with E-state index in [1.54, 1.807) is 0 Å². The first-order valence-corrected chi connectivity index (χ1v) is 12.1. The third kappa shape index (κ3) is 7.94. The number of hydrogen-bond donors (Lipinski definition) is 2. The van der Waals surface area contributed by atoms with E-state index >= 15 is 0 Å². The predicted molar refractivity (Wildman–Crippen MR) is 129 cm³/mol. The lowest BCUT2D eigenvalue weighted by molar-refractivity contribution is 0.0132. The molecule has 2 unspecified atom stereocenters. The summed E-state index contributed by atoms with van der Waals surface area (Å²) in [6, 6.07) is 6.88. The number of ether oxygens (including phenoxy) is 3. The molecule has 32 heavy (non-hydrogen) atoms. The molecule has 2 fully saturated rings. The predicted octanol–water partition coefficient (Wildman–Crippen LogP) is 2.82. The number of guanidine groups is 1. The largest absolute Gasteiger partial charge is 0.493 e. The Labute approximate surface area is 193 Å². The van der Waals surface area contributed by atoms with Crippen LogP contribution in [0.15, 0.2) is 23.2 Å². The van der Waals surface area contributed by atoms with Crippen LogP contribution in [-0.2, 0) is 16.0 Å². The number of nitrogens with zero attached hydrogens (tertiary/aromatic N) is 2. The van der Waals surface area contributed by atoms with Crippen molar-refractivity contribution in [3.05, 3.63) is 29.3 Å². The SMILES string of the molecule is CN=C(NCc1ccc(C)cc1OCC1CCOC1)NCC(CC(C)C)N1CCOCC1. The third-order valence-corrected chi connectivity index (χ3v) is 6.20. The average Bonchev–Trinajstić information content (AvgIpc) is 3.32. The second kappa shape index (κ2) is 13.0. The topological polar surface area (TPSA) is 67.4 Å². The van der Waals surface area contributed by atoms with Gasteiger partial charge in [0, 0.05) is 57.4 Å². The monoisotopic (exact) mass is 446 g/mol. The van der Waals surface area contributed by atoms with Crippen molar-refractivity contribution in [1.82, 2.24) is 15.5 Å². The van der Waals surface area contributed by atoms with Crippen molar-refractivity contribution in [2.45, 2.75) is 46.2 Å². The van der Waals surface area contributed by atoms with E-state index < -0.39 is 0 Å². The second-order valence-corrected chi connectivity index (χ2v) is 9.39. The van der Waals surface area contributed by atoms with Crippen LogP contribution in [0.25, 0.3) is 0 Å². The Morgan fingerprint density at radius 1 is 1.19 bits per heavy atom. The highest BCUT2D eigenvalue weighted by Crippen LogP contribution is 2.22. The zero-order chi connectivity index (χ0) is 22.8. The van der Waals surface area contributed by atoms with Gasteiger partial charge in [-0.1, -0.05) is 26.0 Å². The number of hydrogen-bond acceptors (Lipinski definition) is 5. The molecule has 0 aromatic heterocycles. The normalized spacial score (nSPS) is 21.0. The van der Waals surface area contributed by atoms with Crippen molar-refractivity contribution in [3.8, 4) is 5.75 Å². The molecule has 3 rings (SSSR count). The molecule has 2 saturated heterocycles. The smallest absolute Gasteiger partial charge is 0.191 e. The van der Waals surface area contributed by atoms with Crippen LogP contribution in [-0.4, -0.2) is 76.6 Å². The molecule has 0 aliphatic carbocycles. The van der Waals surface area contributed by atoms with Crippen LogP contribution >= 0.6 is 0 Å². The van der Waals surface area contributed by atoms with Crippen LogP contribution in [0.3, 0.4) is 0 Å². The van der Waals surface area contributed by atoms with Crippen molar-refractivity contribution in [3.63, 3.8) is 0 Å². The van der Waals surface area contributed by atoms with E-state index in [1.165, 1.54) is 5.56 Å². The summed E-state index contributed by atoms with van der Waals surface area (Å²) in [5.41, 5.74) is 2.35. The molecule has 180 valence electrons. The zero-order valence-corrected chi connectivity index (χ0v) is 20.4. The van der Waals surface area contributed by atoms with E-state index in [9.17, 15) is 0 Å². The molecule has 0 spiro atoms. The van der Waals surface area contributed by atoms with Gasteiger partial charge >= 0.3 is 0 Å². The molecule has 2 atom stereocenters. The lowest BCUT2D eigenvalue weighted by Gasteiger charge is -2.35. The van der Waals surface area contributed by atoms with Gasteiger partial charge in [0.2, 0.25) is 0 Å². The lowest BCUT2D eigenvalue weighted by atomic mass is 10.0. The van der Waals surface area contributed by atoms with E-state index in [4.69, 9.17) is 14.2 Å². The van der Waals surface area contributed by atoms with E-state index in [0.717, 1.165) is 76.2 Å². The molecule has 7 heteroatoms. The molecule has 1 aromatic carbocycles. The Balaban J connectivity index is 1.53. The minimum Gasteiger partial charge on any atom is -0.493 e. The molecule has 2 aliphatic rings. The fourth-order valence-corrected chi connectivity index (χ4v) is 4.33. The molecular formula is C25H42N4O3. The third-order valence-electron chi connectivity index (χ3n) is 6.20. The maximum absolute atomic E-state index is 6.19. The van der Waals surface area contributed by atoms with Crippen molar-refractivity contribution < 1.29 is 14.2 Å². The van der Waals surface area contributed by atoms with Gasteiger partial charge < -0.3 is 24.8 Å². The first-order chi connectivity index (χ1) is 15.5. The Bertz CT molecular complexity index is 713. The van der Waals surface area contributed by atoms with Gasteiger partial charge in [0.05, 0.1) is 26.4 Å². The van der Waals surface area contributed by atoms with Gasteiger partial charge in [-0.15, -0.1) is 0 Å². The van der Waals surface area contributed by atoms with Crippen LogP contribution in [0.1, 0.15) is 37.8 Å². The average molecular weight is 447 g/mol. The lowest BCUT2D eigenvalue weighted by Crippen LogP contribution is -2.51. The van der Waals surface area contributed by atoms with Gasteiger partial charge in [0.25, 0.3) is 0 Å². The summed E-state index contributed by atoms with van der Waals surface area (Å²) >= 11 is 0. The van der Waals surface area contributed by atoms with Crippen molar-refractivity contribution in [2.75, 3.05) is 59.7 Å². The number of aryl methyl sites for hydroxylation is 1. The van der Waals surface area contributed by atoms with Crippen LogP contribution in [0.5, 0.6) is 5.75 Å². The Morgan fingerprint density at radius 3 is 2.69 bits per heavy atom. The Kier molecular flexibility index (Phi) is 10.1. The summed E-state index contributed by atoms with van der Waals surface area (Å²) in [5, 5.41) is 7.03. The fourth-order valence-electron chi connectivity index (χ4n) is 4.33. The number of rotatable bonds is 10. The van der Waals surface area contributed by atoms with Gasteiger partial charge in [0.15, 0.2) is 5.96 Å². The van der Waals surface area contributed by atoms with Gasteiger partial charge in [-0.3, -0.25) is 9.89 Å². The molecule has 1 aromatic rings. The highest BCUT2D eigenvalue weighted by atomic mass is 16.5. The molecule has 2 N–H and O–H groups in total. The first-order valence-electron chi connectivity index (χ1n) is 12.1. The quantitative estimate of drug-likeness (QED) is 0.426. The summed E-state index contributed by atoms with van der Waals surface area (Å²) in [6.07, 6.45) is 2.24. The standard InChI is InChI=1S/C25H42N4O3/c1-19(2)13-23(29-8-11-30-12-9-29)16-28-25(26-4)27-15-22-6-5-20(3)14-24(22)32-18-21-7-10-31-17-21/h5-6,14,19,21,23H,7-13,15-18H2,1-4H3,(H2,26,27,28). The number of nitrogens with one attached hydrogen (secondary N) is 2. The van der Waals surface area contributed by atoms with Crippen molar-refractivity contribution >= 4 is 5.96 Å². The summed E-state index contributed by atoms with van der Waals surface area (Å²) in [5.74, 6) is 2.91. The fraction of sp³-hybridized carbons (Fsp3) is 0.720. The van der Waals surface area contributed by atoms with Gasteiger partial charge in [-0.05, 0) is 37.3 Å². The summed E-state index contributed by atoms with van der Waals surface area (Å²) in [6.45, 7) is 14.2. The van der Waals surface area contributed by atoms with Crippen molar-refractivity contribution in [1.29, 1.82) is 0 Å². The maximum atomic E-state index is 6.19.